The van der Waals surface area contributed by atoms with Gasteiger partial charge in [0.2, 0.25) is 0 Å². The van der Waals surface area contributed by atoms with Gasteiger partial charge in [-0.2, -0.15) is 0 Å². The summed E-state index contributed by atoms with van der Waals surface area (Å²) in [7, 11) is 0. The van der Waals surface area contributed by atoms with E-state index in [0.717, 1.165) is 6.42 Å². The first-order valence-corrected chi connectivity index (χ1v) is 2.30. The fourth-order valence-electron chi connectivity index (χ4n) is 0.409. The first-order valence-electron chi connectivity index (χ1n) is 2.30. The Morgan fingerprint density at radius 3 is 3.57 bits per heavy atom. The quantitative estimate of drug-likeness (QED) is 0.441. The molecule has 0 fully saturated rings. The summed E-state index contributed by atoms with van der Waals surface area (Å²) < 4.78 is 0. The number of hydrogen-bond acceptors (Lipinski definition) is 2. The monoisotopic (exact) mass is 97.1 g/mol. The molecule has 7 heavy (non-hydrogen) atoms. The molecule has 0 aromatic heterocycles. The van der Waals surface area contributed by atoms with Crippen molar-refractivity contribution in [2.45, 2.75) is 6.42 Å². The summed E-state index contributed by atoms with van der Waals surface area (Å²) >= 11 is 0. The van der Waals surface area contributed by atoms with Gasteiger partial charge in [-0.3, -0.25) is 0 Å². The van der Waals surface area contributed by atoms with Crippen molar-refractivity contribution in [3.8, 4) is 0 Å². The topological polar surface area (TPSA) is 21.6 Å². The SMILES string of the molecule is C1=CCCON=C1. The summed E-state index contributed by atoms with van der Waals surface area (Å²) in [6.45, 7) is 0.715. The zero-order chi connectivity index (χ0) is 4.95. The van der Waals surface area contributed by atoms with Crippen LogP contribution in [0.15, 0.2) is 17.3 Å². The van der Waals surface area contributed by atoms with Gasteiger partial charge < -0.3 is 4.84 Å². The molecule has 0 radical (unpaired) electrons. The van der Waals surface area contributed by atoms with Gasteiger partial charge in [0.05, 0.1) is 6.21 Å². The van der Waals surface area contributed by atoms with Crippen molar-refractivity contribution >= 4 is 6.21 Å². The third kappa shape index (κ3) is 1.39. The van der Waals surface area contributed by atoms with Gasteiger partial charge in [-0.25, -0.2) is 0 Å². The molecule has 38 valence electrons. The lowest BCUT2D eigenvalue weighted by atomic mass is 10.4. The molecule has 0 saturated carbocycles. The van der Waals surface area contributed by atoms with Crippen LogP contribution in [0.3, 0.4) is 0 Å². The van der Waals surface area contributed by atoms with E-state index in [2.05, 4.69) is 5.16 Å². The summed E-state index contributed by atoms with van der Waals surface area (Å²) in [5, 5.41) is 3.56. The standard InChI is InChI=1S/C5H7NO/c1-2-4-6-7-5-3-1/h1-2,4H,3,5H2. The maximum absolute atomic E-state index is 4.70. The molecule has 1 aliphatic heterocycles. The Morgan fingerprint density at radius 2 is 2.57 bits per heavy atom. The fraction of sp³-hybridized carbons (Fsp3) is 0.400. The highest BCUT2D eigenvalue weighted by Crippen LogP contribution is 1.88. The lowest BCUT2D eigenvalue weighted by Gasteiger charge is -1.87. The average molecular weight is 97.1 g/mol. The van der Waals surface area contributed by atoms with Crippen molar-refractivity contribution in [2.24, 2.45) is 5.16 Å². The number of rotatable bonds is 0. The van der Waals surface area contributed by atoms with Gasteiger partial charge >= 0.3 is 0 Å². The van der Waals surface area contributed by atoms with Crippen LogP contribution in [0.25, 0.3) is 0 Å². The van der Waals surface area contributed by atoms with E-state index in [1.54, 1.807) is 6.21 Å². The van der Waals surface area contributed by atoms with Crippen LogP contribution in [0.2, 0.25) is 0 Å². The molecule has 0 amide bonds. The normalized spacial score (nSPS) is 18.3. The van der Waals surface area contributed by atoms with Gasteiger partial charge in [0, 0.05) is 6.42 Å². The molecule has 0 bridgehead atoms. The zero-order valence-electron chi connectivity index (χ0n) is 4.00. The van der Waals surface area contributed by atoms with E-state index >= 15 is 0 Å². The second-order valence-electron chi connectivity index (χ2n) is 1.30. The van der Waals surface area contributed by atoms with Gasteiger partial charge in [-0.1, -0.05) is 11.2 Å². The molecular weight excluding hydrogens is 90.1 g/mol. The van der Waals surface area contributed by atoms with Gasteiger partial charge in [0.25, 0.3) is 0 Å². The van der Waals surface area contributed by atoms with E-state index in [1.165, 1.54) is 0 Å². The number of allylic oxidation sites excluding steroid dienone is 1. The first-order chi connectivity index (χ1) is 3.50. The maximum atomic E-state index is 4.70. The molecule has 1 aliphatic rings. The van der Waals surface area contributed by atoms with Gasteiger partial charge in [0.15, 0.2) is 0 Å². The molecule has 1 rings (SSSR count). The van der Waals surface area contributed by atoms with Gasteiger partial charge in [-0.15, -0.1) is 0 Å². The zero-order valence-corrected chi connectivity index (χ0v) is 4.00. The number of hydrogen-bond donors (Lipinski definition) is 0. The average Bonchev–Trinajstić information content (AvgIpc) is 1.90. The molecule has 0 aromatic carbocycles. The van der Waals surface area contributed by atoms with Crippen molar-refractivity contribution in [1.29, 1.82) is 0 Å². The number of nitrogens with zero attached hydrogens (tertiary/aromatic N) is 1. The molecule has 0 saturated heterocycles. The molecule has 0 N–H and O–H groups in total. The third-order valence-electron chi connectivity index (χ3n) is 0.733. The van der Waals surface area contributed by atoms with Crippen molar-refractivity contribution in [3.05, 3.63) is 12.2 Å². The minimum absolute atomic E-state index is 0.715. The van der Waals surface area contributed by atoms with Crippen LogP contribution in [0.4, 0.5) is 0 Å². The molecule has 0 aromatic rings. The molecule has 0 atom stereocenters. The molecule has 1 heterocycles. The highest BCUT2D eigenvalue weighted by molar-refractivity contribution is 5.70. The van der Waals surface area contributed by atoms with Crippen molar-refractivity contribution in [1.82, 2.24) is 0 Å². The predicted molar refractivity (Wildman–Crippen MR) is 28.2 cm³/mol. The molecule has 2 heteroatoms. The van der Waals surface area contributed by atoms with Crippen LogP contribution in [0, 0.1) is 0 Å². The fourth-order valence-corrected chi connectivity index (χ4v) is 0.409. The van der Waals surface area contributed by atoms with Crippen LogP contribution in [0.1, 0.15) is 6.42 Å². The van der Waals surface area contributed by atoms with E-state index in [4.69, 9.17) is 4.84 Å². The minimum atomic E-state index is 0.715. The Balaban J connectivity index is 2.39. The van der Waals surface area contributed by atoms with Crippen LogP contribution in [0.5, 0.6) is 0 Å². The van der Waals surface area contributed by atoms with Crippen molar-refractivity contribution < 1.29 is 4.84 Å². The Morgan fingerprint density at radius 1 is 1.57 bits per heavy atom. The lowest BCUT2D eigenvalue weighted by Crippen LogP contribution is -1.80. The minimum Gasteiger partial charge on any atom is -0.395 e. The van der Waals surface area contributed by atoms with Crippen molar-refractivity contribution in [2.75, 3.05) is 6.61 Å². The van der Waals surface area contributed by atoms with E-state index in [9.17, 15) is 0 Å². The number of oxime groups is 1. The first kappa shape index (κ1) is 4.37. The smallest absolute Gasteiger partial charge is 0.120 e. The maximum Gasteiger partial charge on any atom is 0.120 e. The molecule has 0 unspecified atom stereocenters. The largest absolute Gasteiger partial charge is 0.395 e. The second kappa shape index (κ2) is 2.39. The van der Waals surface area contributed by atoms with Crippen molar-refractivity contribution in [3.63, 3.8) is 0 Å². The molecule has 2 nitrogen and oxygen atoms in total. The Bertz CT molecular complexity index is 84.3. The highest BCUT2D eigenvalue weighted by atomic mass is 16.6. The van der Waals surface area contributed by atoms with Gasteiger partial charge in [-0.05, 0) is 6.08 Å². The van der Waals surface area contributed by atoms with Gasteiger partial charge in [0.1, 0.15) is 6.61 Å². The summed E-state index contributed by atoms with van der Waals surface area (Å²) in [4.78, 5) is 4.70. The molecule has 0 aliphatic carbocycles. The van der Waals surface area contributed by atoms with E-state index in [-0.39, 0.29) is 0 Å². The second-order valence-corrected chi connectivity index (χ2v) is 1.30. The summed E-state index contributed by atoms with van der Waals surface area (Å²) in [5.74, 6) is 0. The van der Waals surface area contributed by atoms with E-state index < -0.39 is 0 Å². The van der Waals surface area contributed by atoms with E-state index in [0.29, 0.717) is 6.61 Å². The Labute approximate surface area is 42.5 Å². The van der Waals surface area contributed by atoms with Crippen LogP contribution >= 0.6 is 0 Å². The van der Waals surface area contributed by atoms with E-state index in [1.807, 2.05) is 12.2 Å². The summed E-state index contributed by atoms with van der Waals surface area (Å²) in [6, 6.07) is 0. The molecule has 0 spiro atoms. The van der Waals surface area contributed by atoms with Crippen LogP contribution < -0.4 is 0 Å². The Hall–Kier alpha value is -0.790. The summed E-state index contributed by atoms with van der Waals surface area (Å²) in [5.41, 5.74) is 0. The predicted octanol–water partition coefficient (Wildman–Crippen LogP) is 0.949. The Kier molecular flexibility index (Phi) is 1.50. The van der Waals surface area contributed by atoms with Crippen LogP contribution in [-0.4, -0.2) is 12.8 Å². The molecular formula is C5H7NO. The summed E-state index contributed by atoms with van der Waals surface area (Å²) in [6.07, 6.45) is 6.52. The lowest BCUT2D eigenvalue weighted by molar-refractivity contribution is 0.152. The third-order valence-corrected chi connectivity index (χ3v) is 0.733. The van der Waals surface area contributed by atoms with Crippen LogP contribution in [-0.2, 0) is 4.84 Å². The highest BCUT2D eigenvalue weighted by Gasteiger charge is 1.81.